The fourth-order valence-corrected chi connectivity index (χ4v) is 1.53. The van der Waals surface area contributed by atoms with Gasteiger partial charge in [-0.1, -0.05) is 12.1 Å². The number of halogens is 3. The molecule has 1 aromatic rings. The van der Waals surface area contributed by atoms with Gasteiger partial charge < -0.3 is 0 Å². The van der Waals surface area contributed by atoms with Crippen LogP contribution in [-0.4, -0.2) is 5.51 Å². The van der Waals surface area contributed by atoms with Crippen LogP contribution in [0.15, 0.2) is 34.1 Å². The normalized spacial score (nSPS) is 11.7. The van der Waals surface area contributed by atoms with Crippen LogP contribution in [0.4, 0.5) is 13.2 Å². The summed E-state index contributed by atoms with van der Waals surface area (Å²) < 4.78 is 35.6. The molecule has 1 aromatic carbocycles. The zero-order valence-corrected chi connectivity index (χ0v) is 7.51. The molecule has 0 aliphatic carbocycles. The van der Waals surface area contributed by atoms with Gasteiger partial charge in [0.2, 0.25) is 0 Å². The Bertz CT molecular complexity index is 270. The molecule has 0 aliphatic heterocycles. The number of hydrogen-bond donors (Lipinski definition) is 1. The van der Waals surface area contributed by atoms with Gasteiger partial charge in [-0.25, -0.2) is 0 Å². The Morgan fingerprint density at radius 3 is 2.25 bits per heavy atom. The number of benzene rings is 1. The van der Waals surface area contributed by atoms with Crippen molar-refractivity contribution in [2.45, 2.75) is 15.3 Å². The number of alkyl halides is 3. The van der Waals surface area contributed by atoms with Crippen molar-refractivity contribution >= 4 is 24.4 Å². The van der Waals surface area contributed by atoms with E-state index in [9.17, 15) is 13.2 Å². The zero-order chi connectivity index (χ0) is 9.19. The molecule has 0 bridgehead atoms. The summed E-state index contributed by atoms with van der Waals surface area (Å²) in [6.45, 7) is 0. The summed E-state index contributed by atoms with van der Waals surface area (Å²) in [6.07, 6.45) is 0. The van der Waals surface area contributed by atoms with Crippen molar-refractivity contribution in [2.24, 2.45) is 0 Å². The monoisotopic (exact) mass is 210 g/mol. The van der Waals surface area contributed by atoms with Crippen molar-refractivity contribution in [3.8, 4) is 0 Å². The lowest BCUT2D eigenvalue weighted by Gasteiger charge is -2.06. The van der Waals surface area contributed by atoms with E-state index in [1.54, 1.807) is 12.1 Å². The first kappa shape index (κ1) is 9.80. The average Bonchev–Trinajstić information content (AvgIpc) is 1.91. The molecule has 0 heterocycles. The molecule has 0 unspecified atom stereocenters. The highest BCUT2D eigenvalue weighted by Crippen LogP contribution is 2.39. The standard InChI is InChI=1S/C7H5F3S2/c8-7(9,10)12-6-4-2-1-3-5(6)11/h1-4,11H. The topological polar surface area (TPSA) is 0 Å². The molecule has 66 valence electrons. The van der Waals surface area contributed by atoms with Gasteiger partial charge in [0.1, 0.15) is 0 Å². The van der Waals surface area contributed by atoms with E-state index in [1.807, 2.05) is 0 Å². The minimum absolute atomic E-state index is 0.133. The van der Waals surface area contributed by atoms with Crippen LogP contribution in [0.1, 0.15) is 0 Å². The van der Waals surface area contributed by atoms with Gasteiger partial charge in [0.05, 0.1) is 0 Å². The number of hydrogen-bond acceptors (Lipinski definition) is 2. The minimum atomic E-state index is -4.24. The number of thioether (sulfide) groups is 1. The van der Waals surface area contributed by atoms with Crippen LogP contribution in [-0.2, 0) is 0 Å². The van der Waals surface area contributed by atoms with Crippen molar-refractivity contribution in [1.82, 2.24) is 0 Å². The Morgan fingerprint density at radius 2 is 1.75 bits per heavy atom. The molecule has 0 atom stereocenters. The summed E-state index contributed by atoms with van der Waals surface area (Å²) in [5.74, 6) is 0. The molecule has 0 saturated heterocycles. The van der Waals surface area contributed by atoms with Gasteiger partial charge in [-0.05, 0) is 23.9 Å². The summed E-state index contributed by atoms with van der Waals surface area (Å²) >= 11 is 3.74. The fourth-order valence-electron chi connectivity index (χ4n) is 0.668. The molecule has 0 amide bonds. The third kappa shape index (κ3) is 2.98. The lowest BCUT2D eigenvalue weighted by atomic mass is 10.4. The lowest BCUT2D eigenvalue weighted by molar-refractivity contribution is -0.0328. The van der Waals surface area contributed by atoms with Crippen LogP contribution in [0.3, 0.4) is 0 Å². The Kier molecular flexibility index (Phi) is 2.95. The van der Waals surface area contributed by atoms with E-state index < -0.39 is 5.51 Å². The van der Waals surface area contributed by atoms with Crippen molar-refractivity contribution in [2.75, 3.05) is 0 Å². The molecule has 0 radical (unpaired) electrons. The van der Waals surface area contributed by atoms with Crippen LogP contribution < -0.4 is 0 Å². The van der Waals surface area contributed by atoms with Crippen LogP contribution in [0, 0.1) is 0 Å². The van der Waals surface area contributed by atoms with Crippen LogP contribution in [0.5, 0.6) is 0 Å². The lowest BCUT2D eigenvalue weighted by Crippen LogP contribution is -1.99. The fraction of sp³-hybridized carbons (Fsp3) is 0.143. The second-order valence-corrected chi connectivity index (χ2v) is 3.60. The Hall–Kier alpha value is -0.290. The van der Waals surface area contributed by atoms with E-state index in [1.165, 1.54) is 12.1 Å². The summed E-state index contributed by atoms with van der Waals surface area (Å²) in [4.78, 5) is 0.480. The molecule has 0 aliphatic rings. The van der Waals surface area contributed by atoms with Crippen molar-refractivity contribution in [3.63, 3.8) is 0 Å². The van der Waals surface area contributed by atoms with Gasteiger partial charge >= 0.3 is 5.51 Å². The maximum atomic E-state index is 11.9. The first-order chi connectivity index (χ1) is 5.49. The van der Waals surface area contributed by atoms with Crippen molar-refractivity contribution < 1.29 is 13.2 Å². The summed E-state index contributed by atoms with van der Waals surface area (Å²) in [7, 11) is 0. The van der Waals surface area contributed by atoms with E-state index in [4.69, 9.17) is 0 Å². The quantitative estimate of drug-likeness (QED) is 0.546. The highest BCUT2D eigenvalue weighted by atomic mass is 32.2. The third-order valence-corrected chi connectivity index (χ3v) is 2.44. The maximum absolute atomic E-state index is 11.9. The second-order valence-electron chi connectivity index (χ2n) is 2.02. The number of thiol groups is 1. The number of rotatable bonds is 1. The van der Waals surface area contributed by atoms with E-state index in [2.05, 4.69) is 12.6 Å². The van der Waals surface area contributed by atoms with Crippen LogP contribution >= 0.6 is 24.4 Å². The average molecular weight is 210 g/mol. The highest BCUT2D eigenvalue weighted by molar-refractivity contribution is 8.00. The Balaban J connectivity index is 2.83. The molecule has 1 rings (SSSR count). The molecular formula is C7H5F3S2. The molecule has 0 fully saturated rings. The summed E-state index contributed by atoms with van der Waals surface area (Å²) in [6, 6.07) is 6.11. The zero-order valence-electron chi connectivity index (χ0n) is 5.80. The predicted molar refractivity (Wildman–Crippen MR) is 45.6 cm³/mol. The third-order valence-electron chi connectivity index (χ3n) is 1.09. The van der Waals surface area contributed by atoms with Gasteiger partial charge in [-0.2, -0.15) is 13.2 Å². The molecule has 0 spiro atoms. The van der Waals surface area contributed by atoms with Crippen LogP contribution in [0.25, 0.3) is 0 Å². The van der Waals surface area contributed by atoms with E-state index in [-0.39, 0.29) is 16.7 Å². The first-order valence-corrected chi connectivity index (χ1v) is 4.29. The highest BCUT2D eigenvalue weighted by Gasteiger charge is 2.29. The van der Waals surface area contributed by atoms with E-state index in [0.717, 1.165) is 0 Å². The SMILES string of the molecule is FC(F)(F)Sc1ccccc1S. The molecule has 0 aromatic heterocycles. The molecular weight excluding hydrogens is 205 g/mol. The van der Waals surface area contributed by atoms with Gasteiger partial charge in [0.15, 0.2) is 0 Å². The van der Waals surface area contributed by atoms with Gasteiger partial charge in [-0.3, -0.25) is 0 Å². The summed E-state index contributed by atoms with van der Waals surface area (Å²) in [5, 5.41) is 0. The Morgan fingerprint density at radius 1 is 1.17 bits per heavy atom. The second kappa shape index (κ2) is 3.62. The molecule has 0 N–H and O–H groups in total. The van der Waals surface area contributed by atoms with Gasteiger partial charge in [-0.15, -0.1) is 12.6 Å². The predicted octanol–water partition coefficient (Wildman–Crippen LogP) is 3.59. The van der Waals surface area contributed by atoms with Gasteiger partial charge in [0.25, 0.3) is 0 Å². The molecule has 0 saturated carbocycles. The minimum Gasteiger partial charge on any atom is -0.160 e. The van der Waals surface area contributed by atoms with Crippen LogP contribution in [0.2, 0.25) is 0 Å². The van der Waals surface area contributed by atoms with Crippen molar-refractivity contribution in [3.05, 3.63) is 24.3 Å². The van der Waals surface area contributed by atoms with E-state index in [0.29, 0.717) is 4.90 Å². The Labute approximate surface area is 77.6 Å². The smallest absolute Gasteiger partial charge is 0.160 e. The largest absolute Gasteiger partial charge is 0.446 e. The molecule has 0 nitrogen and oxygen atoms in total. The first-order valence-electron chi connectivity index (χ1n) is 3.03. The molecule has 12 heavy (non-hydrogen) atoms. The maximum Gasteiger partial charge on any atom is 0.446 e. The summed E-state index contributed by atoms with van der Waals surface area (Å²) in [5.41, 5.74) is -4.24. The van der Waals surface area contributed by atoms with Crippen molar-refractivity contribution in [1.29, 1.82) is 0 Å². The molecule has 5 heteroatoms. The van der Waals surface area contributed by atoms with E-state index >= 15 is 0 Å². The van der Waals surface area contributed by atoms with Gasteiger partial charge in [0, 0.05) is 9.79 Å².